The van der Waals surface area contributed by atoms with E-state index in [9.17, 15) is 53.0 Å². The summed E-state index contributed by atoms with van der Waals surface area (Å²) in [6.45, 7) is 3.38. The summed E-state index contributed by atoms with van der Waals surface area (Å²) in [7, 11) is -7.74. The summed E-state index contributed by atoms with van der Waals surface area (Å²) < 4.78 is 54.2. The molecule has 0 saturated carbocycles. The van der Waals surface area contributed by atoms with Crippen LogP contribution in [0.2, 0.25) is 0 Å². The SMILES string of the molecule is CN(CCCC(=O)NCC#Cc1cn([C@@H]2O[C@H](COP(=O)(O)OP(=O)(O)OP(=O)([O-])O)[C@@H](O)[C@H]2O)c(=O)nc1N)C(=O)c1ccccc1C1=C2C=CC(=[N+](C)C)C=C2C(C)(C)c2cc(N(C)C)ccc21. The summed E-state index contributed by atoms with van der Waals surface area (Å²) >= 11 is 0. The number of amides is 2. The molecular formula is C44H54N7O16P3. The van der Waals surface area contributed by atoms with E-state index in [4.69, 9.17) is 15.4 Å². The fourth-order valence-corrected chi connectivity index (χ4v) is 11.0. The molecule has 2 heterocycles. The van der Waals surface area contributed by atoms with Crippen molar-refractivity contribution in [3.8, 4) is 11.8 Å². The van der Waals surface area contributed by atoms with Gasteiger partial charge in [-0.3, -0.25) is 23.2 Å². The second kappa shape index (κ2) is 21.1. The van der Waals surface area contributed by atoms with E-state index in [1.165, 1.54) is 0 Å². The molecule has 376 valence electrons. The zero-order valence-electron chi connectivity index (χ0n) is 39.1. The van der Waals surface area contributed by atoms with Crippen molar-refractivity contribution < 1.29 is 75.5 Å². The third kappa shape index (κ3) is 12.4. The number of aliphatic hydroxyl groups excluding tert-OH is 2. The Labute approximate surface area is 402 Å². The highest BCUT2D eigenvalue weighted by atomic mass is 31.3. The molecule has 3 aromatic rings. The lowest BCUT2D eigenvalue weighted by Crippen LogP contribution is -2.36. The van der Waals surface area contributed by atoms with Crippen molar-refractivity contribution in [2.45, 2.75) is 56.6 Å². The second-order valence-electron chi connectivity index (χ2n) is 17.3. The Bertz CT molecular complexity index is 2980. The Morgan fingerprint density at radius 3 is 2.39 bits per heavy atom. The summed E-state index contributed by atoms with van der Waals surface area (Å²) in [5.74, 6) is 4.41. The Hall–Kier alpha value is -5.40. The van der Waals surface area contributed by atoms with Crippen LogP contribution in [0.1, 0.15) is 65.5 Å². The van der Waals surface area contributed by atoms with Crippen LogP contribution in [0.15, 0.2) is 82.8 Å². The normalized spacial score (nSPS) is 21.7. The van der Waals surface area contributed by atoms with E-state index in [1.807, 2.05) is 52.5 Å². The van der Waals surface area contributed by atoms with E-state index < -0.39 is 60.3 Å². The van der Waals surface area contributed by atoms with Crippen LogP contribution in [-0.4, -0.2) is 135 Å². The molecule has 26 heteroatoms. The maximum absolute atomic E-state index is 14.3. The van der Waals surface area contributed by atoms with Crippen LogP contribution in [0.3, 0.4) is 0 Å². The number of rotatable bonds is 16. The Morgan fingerprint density at radius 1 is 1.01 bits per heavy atom. The van der Waals surface area contributed by atoms with Crippen molar-refractivity contribution >= 4 is 58.1 Å². The standard InChI is InChI=1S/C44H54N7O16P3/c1-44(2)33-22-27(48(3)4)16-18-31(33)37(32-19-17-28(49(5)6)23-34(32)44)29-13-8-9-14-30(29)41(55)50(7)21-11-15-36(52)46-20-10-12-26-24-51(43(56)47-40(26)45)42-39(54)38(53)35(65-42)25-64-69(60,61)67-70(62,63)66-68(57,58)59/h8-9,13-14,16-19,22-24,35,38-39,42,53-54H,11,15,20-21,25H2,1-7H3,(H6-,45,46,47,52,56,57,58,59,60,61,62,63)/t35-,38-,39-,42-/m1/s1. The zero-order valence-corrected chi connectivity index (χ0v) is 41.8. The highest BCUT2D eigenvalue weighted by molar-refractivity contribution is 7.66. The van der Waals surface area contributed by atoms with Gasteiger partial charge >= 0.3 is 21.3 Å². The number of hydrogen-bond acceptors (Lipinski definition) is 16. The van der Waals surface area contributed by atoms with E-state index in [1.54, 1.807) is 11.9 Å². The monoisotopic (exact) mass is 1030 g/mol. The molecular weight excluding hydrogens is 975 g/mol. The van der Waals surface area contributed by atoms with Crippen molar-refractivity contribution in [1.82, 2.24) is 19.8 Å². The number of fused-ring (bicyclic) bond motifs is 2. The fraction of sp³-hybridized carbons (Fsp3) is 0.386. The molecule has 70 heavy (non-hydrogen) atoms. The van der Waals surface area contributed by atoms with Crippen molar-refractivity contribution in [1.29, 1.82) is 0 Å². The first-order chi connectivity index (χ1) is 32.6. The summed E-state index contributed by atoms with van der Waals surface area (Å²) in [6, 6.07) is 14.0. The quantitative estimate of drug-likeness (QED) is 0.0608. The van der Waals surface area contributed by atoms with Crippen molar-refractivity contribution in [2.75, 3.05) is 65.6 Å². The number of nitrogen functional groups attached to an aromatic ring is 1. The van der Waals surface area contributed by atoms with Gasteiger partial charge in [-0.2, -0.15) is 9.29 Å². The largest absolute Gasteiger partial charge is 0.756 e. The predicted octanol–water partition coefficient (Wildman–Crippen LogP) is 1.54. The Morgan fingerprint density at radius 2 is 1.71 bits per heavy atom. The van der Waals surface area contributed by atoms with Crippen molar-refractivity contribution in [3.05, 3.63) is 116 Å². The topological polar surface area (TPSA) is 329 Å². The fourth-order valence-electron chi connectivity index (χ4n) is 8.04. The first-order valence-electron chi connectivity index (χ1n) is 21.4. The lowest BCUT2D eigenvalue weighted by Gasteiger charge is -2.39. The third-order valence-electron chi connectivity index (χ3n) is 11.6. The summed E-state index contributed by atoms with van der Waals surface area (Å²) in [6.07, 6.45) is 0.600. The molecule has 6 rings (SSSR count). The molecule has 3 aliphatic rings. The number of nitrogens with one attached hydrogen (secondary N) is 1. The Balaban J connectivity index is 1.08. The summed E-state index contributed by atoms with van der Waals surface area (Å²) in [5.41, 5.74) is 13.1. The maximum Gasteiger partial charge on any atom is 0.487 e. The first kappa shape index (κ1) is 53.9. The minimum Gasteiger partial charge on any atom is -0.756 e. The van der Waals surface area contributed by atoms with Crippen molar-refractivity contribution in [2.24, 2.45) is 0 Å². The summed E-state index contributed by atoms with van der Waals surface area (Å²) in [4.78, 5) is 85.5. The van der Waals surface area contributed by atoms with Gasteiger partial charge in [0.15, 0.2) is 11.9 Å². The van der Waals surface area contributed by atoms with E-state index >= 15 is 0 Å². The van der Waals surface area contributed by atoms with Gasteiger partial charge in [-0.05, 0) is 64.1 Å². The van der Waals surface area contributed by atoms with Gasteiger partial charge in [-0.25, -0.2) is 22.8 Å². The van der Waals surface area contributed by atoms with Gasteiger partial charge in [-0.15, -0.1) is 0 Å². The van der Waals surface area contributed by atoms with Gasteiger partial charge in [-0.1, -0.05) is 50.0 Å². The van der Waals surface area contributed by atoms with Crippen LogP contribution in [0.4, 0.5) is 11.5 Å². The minimum atomic E-state index is -5.90. The van der Waals surface area contributed by atoms with Gasteiger partial charge in [0.1, 0.15) is 38.2 Å². The number of benzene rings is 2. The van der Waals surface area contributed by atoms with Gasteiger partial charge in [0.25, 0.3) is 13.7 Å². The van der Waals surface area contributed by atoms with Crippen LogP contribution in [-0.2, 0) is 41.8 Å². The van der Waals surface area contributed by atoms with Crippen LogP contribution < -0.4 is 26.5 Å². The molecule has 7 atom stereocenters. The first-order valence-corrected chi connectivity index (χ1v) is 25.9. The van der Waals surface area contributed by atoms with Crippen molar-refractivity contribution in [3.63, 3.8) is 0 Å². The number of ether oxygens (including phenoxy) is 1. The molecule has 1 fully saturated rings. The number of phosphoric ester groups is 1. The molecule has 1 aromatic heterocycles. The molecule has 0 radical (unpaired) electrons. The van der Waals surface area contributed by atoms with Gasteiger partial charge in [0.2, 0.25) is 5.91 Å². The lowest BCUT2D eigenvalue weighted by atomic mass is 9.64. The van der Waals surface area contributed by atoms with E-state index in [0.29, 0.717) is 16.6 Å². The molecule has 23 nitrogen and oxygen atoms in total. The molecule has 8 N–H and O–H groups in total. The molecule has 2 aliphatic carbocycles. The third-order valence-corrected chi connectivity index (χ3v) is 15.4. The zero-order chi connectivity index (χ0) is 51.7. The Kier molecular flexibility index (Phi) is 16.3. The maximum atomic E-state index is 14.3. The van der Waals surface area contributed by atoms with Gasteiger partial charge in [0, 0.05) is 69.1 Å². The number of anilines is 2. The molecule has 1 saturated heterocycles. The highest BCUT2D eigenvalue weighted by Crippen LogP contribution is 2.65. The van der Waals surface area contributed by atoms with E-state index in [2.05, 4.69) is 95.0 Å². The van der Waals surface area contributed by atoms with Crippen LogP contribution in [0, 0.1) is 11.8 Å². The molecule has 2 amide bonds. The van der Waals surface area contributed by atoms with Crippen LogP contribution in [0.25, 0.3) is 5.57 Å². The predicted molar refractivity (Wildman–Crippen MR) is 253 cm³/mol. The number of nitrogens with zero attached hydrogens (tertiary/aromatic N) is 5. The number of aliphatic hydroxyl groups is 2. The summed E-state index contributed by atoms with van der Waals surface area (Å²) in [5, 5.41) is 23.8. The molecule has 2 aromatic carbocycles. The smallest absolute Gasteiger partial charge is 0.487 e. The number of nitrogens with two attached hydrogens (primary N) is 1. The van der Waals surface area contributed by atoms with Gasteiger partial charge in [0.05, 0.1) is 18.7 Å². The second-order valence-corrected chi connectivity index (χ2v) is 21.7. The van der Waals surface area contributed by atoms with Crippen LogP contribution in [0.5, 0.6) is 0 Å². The van der Waals surface area contributed by atoms with Gasteiger partial charge < -0.3 is 55.4 Å². The lowest BCUT2D eigenvalue weighted by molar-refractivity contribution is -0.462. The average Bonchev–Trinajstić information content (AvgIpc) is 3.55. The molecule has 3 unspecified atom stereocenters. The van der Waals surface area contributed by atoms with E-state index in [-0.39, 0.29) is 48.1 Å². The number of allylic oxidation sites excluding steroid dienone is 5. The highest BCUT2D eigenvalue weighted by Gasteiger charge is 2.47. The molecule has 0 bridgehead atoms. The number of phosphoric acid groups is 3. The molecule has 1 aliphatic heterocycles. The minimum absolute atomic E-state index is 0.0467. The number of carbonyl (C=O) groups excluding carboxylic acids is 2. The number of hydrogen-bond donors (Lipinski definition) is 7. The number of carbonyl (C=O) groups is 2. The average molecular weight is 1030 g/mol. The van der Waals surface area contributed by atoms with Crippen LogP contribution >= 0.6 is 23.5 Å². The van der Waals surface area contributed by atoms with E-state index in [0.717, 1.165) is 51.0 Å². The number of aromatic nitrogens is 2. The molecule has 0 spiro atoms.